The number of aliphatic hydroxyl groups is 1. The predicted molar refractivity (Wildman–Crippen MR) is 49.8 cm³/mol. The highest BCUT2D eigenvalue weighted by Gasteiger charge is 2.06. The zero-order valence-electron chi connectivity index (χ0n) is 7.40. The zero-order chi connectivity index (χ0) is 9.84. The Morgan fingerprint density at radius 2 is 2.23 bits per heavy atom. The molecule has 0 amide bonds. The highest BCUT2D eigenvalue weighted by Crippen LogP contribution is 2.28. The van der Waals surface area contributed by atoms with Crippen molar-refractivity contribution >= 4 is 0 Å². The lowest BCUT2D eigenvalue weighted by molar-refractivity contribution is 0.228. The fourth-order valence-corrected chi connectivity index (χ4v) is 1.01. The molecule has 0 aliphatic rings. The summed E-state index contributed by atoms with van der Waals surface area (Å²) in [4.78, 5) is 0. The SMILES string of the molecule is C=CC(O)c1ccc(O)c(OC)c1. The van der Waals surface area contributed by atoms with Gasteiger partial charge in [-0.3, -0.25) is 0 Å². The average molecular weight is 180 g/mol. The van der Waals surface area contributed by atoms with Crippen molar-refractivity contribution in [3.8, 4) is 11.5 Å². The largest absolute Gasteiger partial charge is 0.504 e. The summed E-state index contributed by atoms with van der Waals surface area (Å²) in [6.07, 6.45) is 0.681. The topological polar surface area (TPSA) is 49.7 Å². The Morgan fingerprint density at radius 1 is 1.54 bits per heavy atom. The molecule has 0 aliphatic carbocycles. The molecule has 0 fully saturated rings. The van der Waals surface area contributed by atoms with Crippen molar-refractivity contribution in [3.63, 3.8) is 0 Å². The summed E-state index contributed by atoms with van der Waals surface area (Å²) in [5, 5.41) is 18.6. The molecule has 3 nitrogen and oxygen atoms in total. The molecule has 0 aromatic heterocycles. The van der Waals surface area contributed by atoms with E-state index in [0.717, 1.165) is 0 Å². The van der Waals surface area contributed by atoms with Crippen molar-refractivity contribution in [2.45, 2.75) is 6.10 Å². The molecule has 1 atom stereocenters. The van der Waals surface area contributed by atoms with Crippen molar-refractivity contribution in [3.05, 3.63) is 36.4 Å². The number of hydrogen-bond donors (Lipinski definition) is 2. The fourth-order valence-electron chi connectivity index (χ4n) is 1.01. The van der Waals surface area contributed by atoms with Gasteiger partial charge in [0.05, 0.1) is 13.2 Å². The summed E-state index contributed by atoms with van der Waals surface area (Å²) < 4.78 is 4.88. The van der Waals surface area contributed by atoms with Gasteiger partial charge >= 0.3 is 0 Å². The smallest absolute Gasteiger partial charge is 0.160 e. The number of phenols is 1. The number of benzene rings is 1. The number of hydrogen-bond acceptors (Lipinski definition) is 3. The number of rotatable bonds is 3. The van der Waals surface area contributed by atoms with Gasteiger partial charge in [0.2, 0.25) is 0 Å². The maximum atomic E-state index is 9.38. The van der Waals surface area contributed by atoms with Gasteiger partial charge in [-0.15, -0.1) is 6.58 Å². The molecule has 1 aromatic rings. The van der Waals surface area contributed by atoms with Crippen molar-refractivity contribution in [1.29, 1.82) is 0 Å². The third-order valence-electron chi connectivity index (χ3n) is 1.77. The number of ether oxygens (including phenoxy) is 1. The monoisotopic (exact) mass is 180 g/mol. The predicted octanol–water partition coefficient (Wildman–Crippen LogP) is 1.62. The molecule has 1 unspecified atom stereocenters. The van der Waals surface area contributed by atoms with E-state index >= 15 is 0 Å². The highest BCUT2D eigenvalue weighted by atomic mass is 16.5. The number of aliphatic hydroxyl groups excluding tert-OH is 1. The molecule has 13 heavy (non-hydrogen) atoms. The van der Waals surface area contributed by atoms with Gasteiger partial charge in [0, 0.05) is 0 Å². The Balaban J connectivity index is 3.05. The van der Waals surface area contributed by atoms with Crippen molar-refractivity contribution in [2.75, 3.05) is 7.11 Å². The summed E-state index contributed by atoms with van der Waals surface area (Å²) in [6.45, 7) is 3.46. The van der Waals surface area contributed by atoms with Gasteiger partial charge in [-0.1, -0.05) is 12.1 Å². The van der Waals surface area contributed by atoms with Crippen LogP contribution in [0.1, 0.15) is 11.7 Å². The maximum Gasteiger partial charge on any atom is 0.160 e. The van der Waals surface area contributed by atoms with Crippen LogP contribution in [0.4, 0.5) is 0 Å². The quantitative estimate of drug-likeness (QED) is 0.695. The molecule has 0 spiro atoms. The Morgan fingerprint density at radius 3 is 2.77 bits per heavy atom. The van der Waals surface area contributed by atoms with Gasteiger partial charge in [0.1, 0.15) is 0 Å². The highest BCUT2D eigenvalue weighted by molar-refractivity contribution is 5.42. The molecular formula is C10H12O3. The normalized spacial score (nSPS) is 12.2. The van der Waals surface area contributed by atoms with E-state index in [9.17, 15) is 10.2 Å². The van der Waals surface area contributed by atoms with Crippen LogP contribution in [-0.4, -0.2) is 17.3 Å². The maximum absolute atomic E-state index is 9.38. The molecule has 3 heteroatoms. The Hall–Kier alpha value is -1.48. The van der Waals surface area contributed by atoms with Crippen molar-refractivity contribution in [2.24, 2.45) is 0 Å². The van der Waals surface area contributed by atoms with Crippen LogP contribution in [0.2, 0.25) is 0 Å². The van der Waals surface area contributed by atoms with Crippen molar-refractivity contribution in [1.82, 2.24) is 0 Å². The lowest BCUT2D eigenvalue weighted by atomic mass is 10.1. The van der Waals surface area contributed by atoms with E-state index in [1.807, 2.05) is 0 Å². The first-order valence-electron chi connectivity index (χ1n) is 3.86. The minimum Gasteiger partial charge on any atom is -0.504 e. The Labute approximate surface area is 76.9 Å². The Kier molecular flexibility index (Phi) is 2.93. The van der Waals surface area contributed by atoms with Crippen LogP contribution in [0.25, 0.3) is 0 Å². The third kappa shape index (κ3) is 2.00. The van der Waals surface area contributed by atoms with Crippen LogP contribution < -0.4 is 4.74 Å². The molecule has 70 valence electrons. The third-order valence-corrected chi connectivity index (χ3v) is 1.77. The van der Waals surface area contributed by atoms with Crippen LogP contribution >= 0.6 is 0 Å². The fraction of sp³-hybridized carbons (Fsp3) is 0.200. The first kappa shape index (κ1) is 9.61. The first-order chi connectivity index (χ1) is 6.19. The van der Waals surface area contributed by atoms with E-state index in [0.29, 0.717) is 11.3 Å². The molecule has 0 saturated heterocycles. The molecule has 2 N–H and O–H groups in total. The van der Waals surface area contributed by atoms with Gasteiger partial charge in [-0.05, 0) is 17.7 Å². The molecule has 0 bridgehead atoms. The number of methoxy groups -OCH3 is 1. The minimum absolute atomic E-state index is 0.0579. The van der Waals surface area contributed by atoms with E-state index in [-0.39, 0.29) is 5.75 Å². The van der Waals surface area contributed by atoms with Gasteiger partial charge in [-0.25, -0.2) is 0 Å². The van der Waals surface area contributed by atoms with Gasteiger partial charge in [0.25, 0.3) is 0 Å². The summed E-state index contributed by atoms with van der Waals surface area (Å²) >= 11 is 0. The summed E-state index contributed by atoms with van der Waals surface area (Å²) in [5.41, 5.74) is 0.643. The van der Waals surface area contributed by atoms with Crippen LogP contribution in [0.15, 0.2) is 30.9 Å². The Bertz CT molecular complexity index is 307. The van der Waals surface area contributed by atoms with Crippen LogP contribution in [0, 0.1) is 0 Å². The molecular weight excluding hydrogens is 168 g/mol. The second kappa shape index (κ2) is 3.96. The second-order valence-electron chi connectivity index (χ2n) is 2.61. The zero-order valence-corrected chi connectivity index (χ0v) is 7.40. The first-order valence-corrected chi connectivity index (χ1v) is 3.86. The van der Waals surface area contributed by atoms with Crippen molar-refractivity contribution < 1.29 is 14.9 Å². The number of aromatic hydroxyl groups is 1. The molecule has 0 saturated carbocycles. The standard InChI is InChI=1S/C10H12O3/c1-3-8(11)7-4-5-9(12)10(6-7)13-2/h3-6,8,11-12H,1H2,2H3. The molecule has 1 rings (SSSR count). The van der Waals surface area contributed by atoms with Crippen LogP contribution in [-0.2, 0) is 0 Å². The van der Waals surface area contributed by atoms with Crippen LogP contribution in [0.3, 0.4) is 0 Å². The summed E-state index contributed by atoms with van der Waals surface area (Å²) in [6, 6.07) is 4.66. The van der Waals surface area contributed by atoms with Gasteiger partial charge < -0.3 is 14.9 Å². The number of phenolic OH excluding ortho intramolecular Hbond substituents is 1. The van der Waals surface area contributed by atoms with E-state index in [1.165, 1.54) is 19.3 Å². The lowest BCUT2D eigenvalue weighted by Gasteiger charge is -2.08. The second-order valence-corrected chi connectivity index (χ2v) is 2.61. The molecule has 0 aliphatic heterocycles. The van der Waals surface area contributed by atoms with Gasteiger partial charge in [-0.2, -0.15) is 0 Å². The molecule has 0 heterocycles. The summed E-state index contributed by atoms with van der Waals surface area (Å²) in [7, 11) is 1.46. The van der Waals surface area contributed by atoms with Gasteiger partial charge in [0.15, 0.2) is 11.5 Å². The average Bonchev–Trinajstić information content (AvgIpc) is 2.17. The van der Waals surface area contributed by atoms with Crippen LogP contribution in [0.5, 0.6) is 11.5 Å². The van der Waals surface area contributed by atoms with E-state index in [1.54, 1.807) is 12.1 Å². The van der Waals surface area contributed by atoms with E-state index in [2.05, 4.69) is 6.58 Å². The van der Waals surface area contributed by atoms with E-state index < -0.39 is 6.10 Å². The lowest BCUT2D eigenvalue weighted by Crippen LogP contribution is -1.93. The molecule has 1 aromatic carbocycles. The minimum atomic E-state index is -0.727. The van der Waals surface area contributed by atoms with E-state index in [4.69, 9.17) is 4.74 Å². The summed E-state index contributed by atoms with van der Waals surface area (Å²) in [5.74, 6) is 0.404. The molecule has 0 radical (unpaired) electrons.